The summed E-state index contributed by atoms with van der Waals surface area (Å²) in [4.78, 5) is 29.3. The lowest BCUT2D eigenvalue weighted by Gasteiger charge is -2.19. The van der Waals surface area contributed by atoms with E-state index in [0.717, 1.165) is 53.8 Å². The second-order valence-corrected chi connectivity index (χ2v) is 8.80. The number of nitrogens with zero attached hydrogens (tertiary/aromatic N) is 4. The van der Waals surface area contributed by atoms with Crippen molar-refractivity contribution < 1.29 is 19.1 Å². The molecule has 0 bridgehead atoms. The fourth-order valence-electron chi connectivity index (χ4n) is 3.32. The van der Waals surface area contributed by atoms with Gasteiger partial charge >= 0.3 is 11.9 Å². The van der Waals surface area contributed by atoms with Crippen molar-refractivity contribution in [3.8, 4) is 0 Å². The van der Waals surface area contributed by atoms with Crippen LogP contribution in [0.4, 0.5) is 16.5 Å². The van der Waals surface area contributed by atoms with Crippen LogP contribution in [0.1, 0.15) is 49.9 Å². The van der Waals surface area contributed by atoms with E-state index in [-0.39, 0.29) is 11.9 Å². The molecule has 0 radical (unpaired) electrons. The van der Waals surface area contributed by atoms with Crippen LogP contribution in [0.2, 0.25) is 0 Å². The van der Waals surface area contributed by atoms with Crippen LogP contribution < -0.4 is 4.90 Å². The van der Waals surface area contributed by atoms with E-state index in [1.54, 1.807) is 25.1 Å². The highest BCUT2D eigenvalue weighted by atomic mass is 32.1. The van der Waals surface area contributed by atoms with Crippen LogP contribution in [0.3, 0.4) is 0 Å². The molecule has 0 aliphatic rings. The van der Waals surface area contributed by atoms with Crippen LogP contribution >= 0.6 is 11.3 Å². The molecule has 0 spiro atoms. The third-order valence-electron chi connectivity index (χ3n) is 5.12. The normalized spacial score (nSPS) is 11.1. The van der Waals surface area contributed by atoms with Crippen LogP contribution in [-0.4, -0.2) is 43.7 Å². The third-order valence-corrected chi connectivity index (χ3v) is 6.03. The zero-order valence-electron chi connectivity index (χ0n) is 19.8. The number of hydrogen-bond donors (Lipinski definition) is 0. The van der Waals surface area contributed by atoms with Crippen LogP contribution in [0, 0.1) is 0 Å². The number of azo groups is 1. The second-order valence-electron chi connectivity index (χ2n) is 7.79. The van der Waals surface area contributed by atoms with E-state index in [9.17, 15) is 9.59 Å². The van der Waals surface area contributed by atoms with Crippen molar-refractivity contribution in [1.82, 2.24) is 4.98 Å². The fourth-order valence-corrected chi connectivity index (χ4v) is 4.15. The van der Waals surface area contributed by atoms with Crippen molar-refractivity contribution in [3.63, 3.8) is 0 Å². The molecule has 0 saturated carbocycles. The molecule has 0 amide bonds. The average molecular weight is 483 g/mol. The molecule has 1 heterocycles. The number of carbonyl (C=O) groups excluding carboxylic acids is 2. The number of rotatable bonds is 12. The Morgan fingerprint density at radius 3 is 2.50 bits per heavy atom. The molecule has 180 valence electrons. The number of fused-ring (bicyclic) bond motifs is 1. The topological polar surface area (TPSA) is 93.4 Å². The molecule has 0 aliphatic heterocycles. The molecule has 3 rings (SSSR count). The monoisotopic (exact) mass is 482 g/mol. The third kappa shape index (κ3) is 7.62. The number of benzene rings is 2. The molecule has 0 unspecified atom stereocenters. The lowest BCUT2D eigenvalue weighted by atomic mass is 10.2. The van der Waals surface area contributed by atoms with Gasteiger partial charge in [-0.3, -0.25) is 4.79 Å². The van der Waals surface area contributed by atoms with E-state index in [0.29, 0.717) is 23.9 Å². The summed E-state index contributed by atoms with van der Waals surface area (Å²) in [7, 11) is 2.07. The number of carbonyl (C=O) groups is 2. The molecular weight excluding hydrogens is 452 g/mol. The second kappa shape index (κ2) is 12.8. The standard InChI is InChI=1S/C25H30N4O4S/c1-4-32-24(31)19-9-14-22-23(17-19)34-25(26-22)28-27-20-10-12-21(13-11-20)29(3)15-7-5-6-8-16-33-18(2)30/h9-14,17H,4-8,15-16H2,1-3H3/b28-27+. The first-order chi connectivity index (χ1) is 16.5. The molecule has 3 aromatic rings. The molecular formula is C25H30N4O4S. The Balaban J connectivity index is 1.50. The number of thiazole rings is 1. The summed E-state index contributed by atoms with van der Waals surface area (Å²) in [6.07, 6.45) is 4.13. The summed E-state index contributed by atoms with van der Waals surface area (Å²) in [6.45, 7) is 5.02. The number of esters is 2. The first-order valence-corrected chi connectivity index (χ1v) is 12.2. The quantitative estimate of drug-likeness (QED) is 0.167. The van der Waals surface area contributed by atoms with Gasteiger partial charge in [0.15, 0.2) is 0 Å². The lowest BCUT2D eigenvalue weighted by Crippen LogP contribution is -2.18. The highest BCUT2D eigenvalue weighted by molar-refractivity contribution is 7.21. The minimum absolute atomic E-state index is 0.215. The Kier molecular flexibility index (Phi) is 9.51. The summed E-state index contributed by atoms with van der Waals surface area (Å²) < 4.78 is 10.9. The summed E-state index contributed by atoms with van der Waals surface area (Å²) >= 11 is 1.38. The Hall–Kier alpha value is -3.33. The number of ether oxygens (including phenoxy) is 2. The van der Waals surface area contributed by atoms with Gasteiger partial charge in [-0.15, -0.1) is 10.2 Å². The van der Waals surface area contributed by atoms with Crippen LogP contribution in [0.25, 0.3) is 10.2 Å². The SMILES string of the molecule is CCOC(=O)c1ccc2nc(/N=N/c3ccc(N(C)CCCCCCOC(C)=O)cc3)sc2c1. The zero-order chi connectivity index (χ0) is 24.3. The number of aromatic nitrogens is 1. The molecule has 0 fully saturated rings. The van der Waals surface area contributed by atoms with Gasteiger partial charge in [0.25, 0.3) is 0 Å². The maximum Gasteiger partial charge on any atom is 0.338 e. The molecule has 2 aromatic carbocycles. The molecule has 0 aliphatic carbocycles. The minimum Gasteiger partial charge on any atom is -0.466 e. The first kappa shape index (κ1) is 25.3. The molecule has 9 heteroatoms. The van der Waals surface area contributed by atoms with E-state index >= 15 is 0 Å². The number of anilines is 1. The number of hydrogen-bond acceptors (Lipinski definition) is 9. The van der Waals surface area contributed by atoms with E-state index in [1.165, 1.54) is 18.3 Å². The Morgan fingerprint density at radius 2 is 1.76 bits per heavy atom. The first-order valence-electron chi connectivity index (χ1n) is 11.4. The van der Waals surface area contributed by atoms with Gasteiger partial charge < -0.3 is 14.4 Å². The summed E-state index contributed by atoms with van der Waals surface area (Å²) in [5.74, 6) is -0.558. The summed E-state index contributed by atoms with van der Waals surface area (Å²) in [6, 6.07) is 13.2. The highest BCUT2D eigenvalue weighted by Gasteiger charge is 2.10. The summed E-state index contributed by atoms with van der Waals surface area (Å²) in [5, 5.41) is 9.10. The Labute approximate surface area is 203 Å². The zero-order valence-corrected chi connectivity index (χ0v) is 20.6. The predicted octanol–water partition coefficient (Wildman–Crippen LogP) is 6.45. The summed E-state index contributed by atoms with van der Waals surface area (Å²) in [5.41, 5.74) is 3.14. The van der Waals surface area contributed by atoms with Gasteiger partial charge in [-0.1, -0.05) is 17.8 Å². The van der Waals surface area contributed by atoms with Crippen LogP contribution in [0.15, 0.2) is 52.7 Å². The average Bonchev–Trinajstić information content (AvgIpc) is 3.24. The van der Waals surface area contributed by atoms with Crippen molar-refractivity contribution in [2.75, 3.05) is 31.7 Å². The maximum atomic E-state index is 11.9. The Bertz CT molecular complexity index is 1130. The van der Waals surface area contributed by atoms with Gasteiger partial charge in [-0.25, -0.2) is 9.78 Å². The van der Waals surface area contributed by atoms with Gasteiger partial charge in [-0.2, -0.15) is 0 Å². The molecule has 0 saturated heterocycles. The molecule has 34 heavy (non-hydrogen) atoms. The molecule has 0 N–H and O–H groups in total. The molecule has 1 aromatic heterocycles. The van der Waals surface area contributed by atoms with Gasteiger partial charge in [0.05, 0.1) is 34.7 Å². The lowest BCUT2D eigenvalue weighted by molar-refractivity contribution is -0.141. The van der Waals surface area contributed by atoms with Gasteiger partial charge in [-0.05, 0) is 68.7 Å². The minimum atomic E-state index is -0.342. The van der Waals surface area contributed by atoms with Gasteiger partial charge in [0.2, 0.25) is 5.13 Å². The Morgan fingerprint density at radius 1 is 1.00 bits per heavy atom. The maximum absolute atomic E-state index is 11.9. The largest absolute Gasteiger partial charge is 0.466 e. The highest BCUT2D eigenvalue weighted by Crippen LogP contribution is 2.30. The van der Waals surface area contributed by atoms with E-state index in [4.69, 9.17) is 9.47 Å². The van der Waals surface area contributed by atoms with Crippen molar-refractivity contribution in [2.45, 2.75) is 39.5 Å². The molecule has 0 atom stereocenters. The van der Waals surface area contributed by atoms with E-state index in [2.05, 4.69) is 27.2 Å². The smallest absolute Gasteiger partial charge is 0.338 e. The van der Waals surface area contributed by atoms with E-state index < -0.39 is 0 Å². The fraction of sp³-hybridized carbons (Fsp3) is 0.400. The van der Waals surface area contributed by atoms with Crippen molar-refractivity contribution in [2.24, 2.45) is 10.2 Å². The number of unbranched alkanes of at least 4 members (excludes halogenated alkanes) is 3. The molecule has 8 nitrogen and oxygen atoms in total. The van der Waals surface area contributed by atoms with Crippen molar-refractivity contribution in [3.05, 3.63) is 48.0 Å². The van der Waals surface area contributed by atoms with Crippen molar-refractivity contribution >= 4 is 50.0 Å². The predicted molar refractivity (Wildman–Crippen MR) is 135 cm³/mol. The van der Waals surface area contributed by atoms with Crippen LogP contribution in [0.5, 0.6) is 0 Å². The van der Waals surface area contributed by atoms with Crippen molar-refractivity contribution in [1.29, 1.82) is 0 Å². The van der Waals surface area contributed by atoms with Crippen LogP contribution in [-0.2, 0) is 14.3 Å². The van der Waals surface area contributed by atoms with Gasteiger partial charge in [0, 0.05) is 26.2 Å². The van der Waals surface area contributed by atoms with E-state index in [1.807, 2.05) is 24.3 Å². The van der Waals surface area contributed by atoms with Gasteiger partial charge in [0.1, 0.15) is 0 Å².